The molecule has 0 fully saturated rings. The third kappa shape index (κ3) is 3.85. The number of benzene rings is 1. The highest BCUT2D eigenvalue weighted by Crippen LogP contribution is 2.27. The van der Waals surface area contributed by atoms with Crippen molar-refractivity contribution in [3.8, 4) is 5.75 Å². The summed E-state index contributed by atoms with van der Waals surface area (Å²) in [7, 11) is 1.67. The fourth-order valence-electron chi connectivity index (χ4n) is 2.31. The van der Waals surface area contributed by atoms with Gasteiger partial charge >= 0.3 is 0 Å². The number of hydrogen-bond donors (Lipinski definition) is 0. The molecule has 0 saturated carbocycles. The lowest BCUT2D eigenvalue weighted by Crippen LogP contribution is -2.09. The first kappa shape index (κ1) is 16.0. The van der Waals surface area contributed by atoms with E-state index in [-0.39, 0.29) is 0 Å². The van der Waals surface area contributed by atoms with Gasteiger partial charge in [0.2, 0.25) is 0 Å². The molecule has 0 radical (unpaired) electrons. The van der Waals surface area contributed by atoms with E-state index >= 15 is 0 Å². The monoisotopic (exact) mass is 293 g/mol. The van der Waals surface area contributed by atoms with Gasteiger partial charge in [-0.1, -0.05) is 49.9 Å². The zero-order valence-electron chi connectivity index (χ0n) is 13.6. The molecule has 2 rings (SSSR count). The van der Waals surface area contributed by atoms with Crippen LogP contribution < -0.4 is 4.74 Å². The molecule has 1 aliphatic heterocycles. The second-order valence-electron chi connectivity index (χ2n) is 5.25. The fraction of sp³-hybridized carbons (Fsp3) is 0.250. The topological polar surface area (TPSA) is 21.6 Å². The minimum atomic E-state index is 0.847. The van der Waals surface area contributed by atoms with Crippen LogP contribution in [0.5, 0.6) is 5.75 Å². The van der Waals surface area contributed by atoms with Crippen LogP contribution in [0.2, 0.25) is 0 Å². The first-order valence-corrected chi connectivity index (χ1v) is 7.61. The molecule has 2 heteroatoms. The minimum absolute atomic E-state index is 0.847. The molecule has 0 aliphatic carbocycles. The molecule has 1 aromatic rings. The van der Waals surface area contributed by atoms with Gasteiger partial charge in [-0.25, -0.2) is 0 Å². The van der Waals surface area contributed by atoms with Gasteiger partial charge in [-0.05, 0) is 43.0 Å². The number of allylic oxidation sites excluding steroid dienone is 7. The molecule has 0 saturated heterocycles. The molecule has 1 heterocycles. The van der Waals surface area contributed by atoms with Gasteiger partial charge in [0.25, 0.3) is 0 Å². The van der Waals surface area contributed by atoms with Gasteiger partial charge < -0.3 is 4.74 Å². The predicted molar refractivity (Wildman–Crippen MR) is 95.4 cm³/mol. The Morgan fingerprint density at radius 2 is 2.05 bits per heavy atom. The molecule has 0 atom stereocenters. The largest absolute Gasteiger partial charge is 0.497 e. The molecule has 1 aliphatic rings. The minimum Gasteiger partial charge on any atom is -0.497 e. The van der Waals surface area contributed by atoms with Gasteiger partial charge in [0.05, 0.1) is 12.8 Å². The van der Waals surface area contributed by atoms with E-state index in [1.54, 1.807) is 7.11 Å². The maximum atomic E-state index is 5.21. The van der Waals surface area contributed by atoms with Gasteiger partial charge in [0.15, 0.2) is 0 Å². The summed E-state index contributed by atoms with van der Waals surface area (Å²) in [6, 6.07) is 7.95. The average Bonchev–Trinajstić information content (AvgIpc) is 2.56. The Balaban J connectivity index is 2.32. The lowest BCUT2D eigenvalue weighted by atomic mass is 9.93. The molecule has 0 N–H and O–H groups in total. The summed E-state index contributed by atoms with van der Waals surface area (Å²) in [5.41, 5.74) is 5.24. The highest BCUT2D eigenvalue weighted by Gasteiger charge is 2.15. The number of ether oxygens (including phenoxy) is 1. The molecule has 0 unspecified atom stereocenters. The molecule has 114 valence electrons. The van der Waals surface area contributed by atoms with Gasteiger partial charge in [-0.15, -0.1) is 0 Å². The maximum Gasteiger partial charge on any atom is 0.118 e. The van der Waals surface area contributed by atoms with Gasteiger partial charge in [-0.3, -0.25) is 4.99 Å². The quantitative estimate of drug-likeness (QED) is 0.717. The van der Waals surface area contributed by atoms with E-state index in [0.717, 1.165) is 41.1 Å². The van der Waals surface area contributed by atoms with Crippen LogP contribution in [0, 0.1) is 0 Å². The van der Waals surface area contributed by atoms with Crippen molar-refractivity contribution >= 4 is 11.3 Å². The molecule has 22 heavy (non-hydrogen) atoms. The van der Waals surface area contributed by atoms with Crippen molar-refractivity contribution < 1.29 is 4.74 Å². The molecular weight excluding hydrogens is 270 g/mol. The van der Waals surface area contributed by atoms with Crippen molar-refractivity contribution in [1.82, 2.24) is 0 Å². The van der Waals surface area contributed by atoms with E-state index in [0.29, 0.717) is 0 Å². The Labute approximate surface area is 133 Å². The highest BCUT2D eigenvalue weighted by atomic mass is 16.5. The van der Waals surface area contributed by atoms with Crippen LogP contribution >= 0.6 is 0 Å². The summed E-state index contributed by atoms with van der Waals surface area (Å²) in [6.45, 7) is 8.41. The first-order valence-electron chi connectivity index (χ1n) is 7.61. The number of hydrogen-bond acceptors (Lipinski definition) is 2. The molecule has 0 amide bonds. The predicted octanol–water partition coefficient (Wildman–Crippen LogP) is 5.35. The second-order valence-corrected chi connectivity index (χ2v) is 5.25. The second kappa shape index (κ2) is 7.60. The van der Waals surface area contributed by atoms with E-state index in [4.69, 9.17) is 9.73 Å². The van der Waals surface area contributed by atoms with Crippen molar-refractivity contribution in [3.05, 3.63) is 72.0 Å². The third-order valence-corrected chi connectivity index (χ3v) is 3.60. The Bertz CT molecular complexity index is 657. The van der Waals surface area contributed by atoms with Gasteiger partial charge in [0.1, 0.15) is 5.75 Å². The molecule has 0 bridgehead atoms. The van der Waals surface area contributed by atoms with Gasteiger partial charge in [-0.2, -0.15) is 0 Å². The number of nitrogens with zero attached hydrogens (tertiary/aromatic N) is 1. The number of rotatable bonds is 5. The van der Waals surface area contributed by atoms with Gasteiger partial charge in [0, 0.05) is 11.3 Å². The Kier molecular flexibility index (Phi) is 5.54. The van der Waals surface area contributed by atoms with Crippen LogP contribution in [0.25, 0.3) is 5.57 Å². The van der Waals surface area contributed by atoms with Crippen molar-refractivity contribution in [2.45, 2.75) is 26.7 Å². The first-order chi connectivity index (χ1) is 10.7. The molecule has 0 aromatic heterocycles. The van der Waals surface area contributed by atoms with Crippen molar-refractivity contribution in [3.63, 3.8) is 0 Å². The number of methoxy groups -OCH3 is 1. The normalized spacial score (nSPS) is 16.6. The van der Waals surface area contributed by atoms with Crippen molar-refractivity contribution in [2.75, 3.05) is 7.11 Å². The van der Waals surface area contributed by atoms with E-state index < -0.39 is 0 Å². The van der Waals surface area contributed by atoms with Crippen molar-refractivity contribution in [2.24, 2.45) is 4.99 Å². The zero-order valence-corrected chi connectivity index (χ0v) is 13.6. The summed E-state index contributed by atoms with van der Waals surface area (Å²) in [4.78, 5) is 4.71. The Hall–Kier alpha value is -2.35. The third-order valence-electron chi connectivity index (χ3n) is 3.60. The summed E-state index contributed by atoms with van der Waals surface area (Å²) in [5.74, 6) is 0.847. The lowest BCUT2D eigenvalue weighted by Gasteiger charge is -2.17. The Morgan fingerprint density at radius 3 is 2.68 bits per heavy atom. The van der Waals surface area contributed by atoms with Crippen LogP contribution in [-0.4, -0.2) is 12.8 Å². The SMILES string of the molecule is C=C(C1=NC(C)=CC/C1=C\C=C/CC)c1ccc(OC)cc1. The van der Waals surface area contributed by atoms with Crippen LogP contribution in [-0.2, 0) is 0 Å². The van der Waals surface area contributed by atoms with E-state index in [1.807, 2.05) is 31.2 Å². The van der Waals surface area contributed by atoms with Crippen molar-refractivity contribution in [1.29, 1.82) is 0 Å². The molecule has 1 aromatic carbocycles. The summed E-state index contributed by atoms with van der Waals surface area (Å²) >= 11 is 0. The van der Waals surface area contributed by atoms with E-state index in [2.05, 4.69) is 37.8 Å². The number of aliphatic imine (C=N–C) groups is 1. The van der Waals surface area contributed by atoms with Crippen LogP contribution in [0.4, 0.5) is 0 Å². The van der Waals surface area contributed by atoms with Crippen LogP contribution in [0.1, 0.15) is 32.3 Å². The zero-order chi connectivity index (χ0) is 15.9. The summed E-state index contributed by atoms with van der Waals surface area (Å²) < 4.78 is 5.21. The summed E-state index contributed by atoms with van der Waals surface area (Å²) in [6.07, 6.45) is 10.5. The van der Waals surface area contributed by atoms with Crippen LogP contribution in [0.3, 0.4) is 0 Å². The maximum absolute atomic E-state index is 5.21. The smallest absolute Gasteiger partial charge is 0.118 e. The average molecular weight is 293 g/mol. The fourth-order valence-corrected chi connectivity index (χ4v) is 2.31. The standard InChI is InChI=1S/C20H23NO/c1-5-6-7-8-18-10-9-15(2)21-20(18)16(3)17-11-13-19(22-4)14-12-17/h6-9,11-14H,3,5,10H2,1-2,4H3/b7-6-,18-8+. The molecule has 2 nitrogen and oxygen atoms in total. The molecular formula is C20H23NO. The Morgan fingerprint density at radius 1 is 1.32 bits per heavy atom. The van der Waals surface area contributed by atoms with E-state index in [1.165, 1.54) is 5.57 Å². The highest BCUT2D eigenvalue weighted by molar-refractivity contribution is 6.31. The van der Waals surface area contributed by atoms with E-state index in [9.17, 15) is 0 Å². The lowest BCUT2D eigenvalue weighted by molar-refractivity contribution is 0.415. The molecule has 0 spiro atoms. The summed E-state index contributed by atoms with van der Waals surface area (Å²) in [5, 5.41) is 0. The van der Waals surface area contributed by atoms with Crippen LogP contribution in [0.15, 0.2) is 71.4 Å².